The topological polar surface area (TPSA) is 55.2 Å². The fraction of sp³-hybridized carbons (Fsp3) is 0.294. The molecule has 0 heterocycles. The van der Waals surface area contributed by atoms with Crippen LogP contribution in [0.5, 0.6) is 0 Å². The maximum atomic E-state index is 11.2. The van der Waals surface area contributed by atoms with Crippen molar-refractivity contribution in [2.75, 3.05) is 5.32 Å². The van der Waals surface area contributed by atoms with Crippen molar-refractivity contribution in [1.82, 2.24) is 0 Å². The van der Waals surface area contributed by atoms with E-state index in [1.807, 2.05) is 31.2 Å². The Labute approximate surface area is 125 Å². The molecule has 21 heavy (non-hydrogen) atoms. The molecule has 0 aromatic heterocycles. The molecule has 0 radical (unpaired) electrons. The zero-order valence-corrected chi connectivity index (χ0v) is 12.4. The van der Waals surface area contributed by atoms with Crippen LogP contribution in [0.1, 0.15) is 24.5 Å². The Morgan fingerprint density at radius 2 is 1.90 bits per heavy atom. The Morgan fingerprint density at radius 3 is 2.52 bits per heavy atom. The molecule has 2 aromatic rings. The van der Waals surface area contributed by atoms with Gasteiger partial charge in [-0.2, -0.15) is 0 Å². The largest absolute Gasteiger partial charge is 0.376 e. The molecule has 1 N–H and O–H groups in total. The highest BCUT2D eigenvalue weighted by Gasteiger charge is 2.16. The first kappa shape index (κ1) is 15.0. The molecule has 0 aliphatic heterocycles. The number of benzene rings is 2. The molecule has 0 aliphatic rings. The maximum absolute atomic E-state index is 11.2. The molecule has 0 aliphatic carbocycles. The summed E-state index contributed by atoms with van der Waals surface area (Å²) >= 11 is 0. The molecule has 2 aromatic carbocycles. The van der Waals surface area contributed by atoms with Crippen LogP contribution in [0, 0.1) is 17.0 Å². The number of rotatable bonds is 6. The fourth-order valence-corrected chi connectivity index (χ4v) is 2.33. The van der Waals surface area contributed by atoms with Gasteiger partial charge in [-0.05, 0) is 37.0 Å². The molecule has 0 fully saturated rings. The summed E-state index contributed by atoms with van der Waals surface area (Å²) in [5.74, 6) is 0. The summed E-state index contributed by atoms with van der Waals surface area (Å²) in [5.41, 5.74) is 2.85. The molecular weight excluding hydrogens is 264 g/mol. The number of nitrogens with one attached hydrogen (secondary N) is 1. The molecular formula is C17H20N2O2. The van der Waals surface area contributed by atoms with E-state index in [0.717, 1.165) is 18.4 Å². The van der Waals surface area contributed by atoms with E-state index in [1.165, 1.54) is 5.56 Å². The van der Waals surface area contributed by atoms with Gasteiger partial charge in [-0.1, -0.05) is 43.3 Å². The highest BCUT2D eigenvalue weighted by Crippen LogP contribution is 2.26. The molecule has 2 rings (SSSR count). The molecule has 0 bridgehead atoms. The van der Waals surface area contributed by atoms with Crippen molar-refractivity contribution in [3.63, 3.8) is 0 Å². The van der Waals surface area contributed by atoms with Crippen LogP contribution >= 0.6 is 0 Å². The number of hydrogen-bond donors (Lipinski definition) is 1. The van der Waals surface area contributed by atoms with E-state index in [2.05, 4.69) is 24.4 Å². The molecule has 1 unspecified atom stereocenters. The molecule has 0 amide bonds. The summed E-state index contributed by atoms with van der Waals surface area (Å²) in [6.45, 7) is 3.94. The fourth-order valence-electron chi connectivity index (χ4n) is 2.33. The van der Waals surface area contributed by atoms with Gasteiger partial charge in [-0.15, -0.1) is 0 Å². The van der Waals surface area contributed by atoms with Crippen LogP contribution in [0.25, 0.3) is 0 Å². The van der Waals surface area contributed by atoms with Crippen molar-refractivity contribution in [1.29, 1.82) is 0 Å². The predicted molar refractivity (Wildman–Crippen MR) is 85.7 cm³/mol. The van der Waals surface area contributed by atoms with Crippen molar-refractivity contribution in [3.8, 4) is 0 Å². The van der Waals surface area contributed by atoms with Gasteiger partial charge in [-0.3, -0.25) is 10.1 Å². The van der Waals surface area contributed by atoms with Gasteiger partial charge in [0.2, 0.25) is 0 Å². The van der Waals surface area contributed by atoms with Crippen LogP contribution in [0.3, 0.4) is 0 Å². The standard InChI is InChI=1S/C17H20N2O2/c1-3-15(12-14-7-5-4-6-8-14)18-16-10-9-13(2)11-17(16)19(20)21/h4-11,15,18H,3,12H2,1-2H3. The van der Waals surface area contributed by atoms with Crippen LogP contribution in [-0.2, 0) is 6.42 Å². The van der Waals surface area contributed by atoms with Gasteiger partial charge < -0.3 is 5.32 Å². The van der Waals surface area contributed by atoms with Crippen molar-refractivity contribution in [2.45, 2.75) is 32.7 Å². The molecule has 0 spiro atoms. The molecule has 4 nitrogen and oxygen atoms in total. The predicted octanol–water partition coefficient (Wildman–Crippen LogP) is 4.34. The second-order valence-corrected chi connectivity index (χ2v) is 5.22. The minimum Gasteiger partial charge on any atom is -0.376 e. The molecule has 0 saturated carbocycles. The minimum atomic E-state index is -0.329. The normalized spacial score (nSPS) is 11.9. The molecule has 0 saturated heterocycles. The Balaban J connectivity index is 2.17. The summed E-state index contributed by atoms with van der Waals surface area (Å²) in [5, 5.41) is 14.5. The summed E-state index contributed by atoms with van der Waals surface area (Å²) in [4.78, 5) is 10.8. The van der Waals surface area contributed by atoms with Gasteiger partial charge in [0.05, 0.1) is 4.92 Å². The summed E-state index contributed by atoms with van der Waals surface area (Å²) in [7, 11) is 0. The SMILES string of the molecule is CCC(Cc1ccccc1)Nc1ccc(C)cc1[N+](=O)[O-]. The first-order chi connectivity index (χ1) is 10.1. The third kappa shape index (κ3) is 4.05. The number of hydrogen-bond acceptors (Lipinski definition) is 3. The van der Waals surface area contributed by atoms with Crippen LogP contribution < -0.4 is 5.32 Å². The van der Waals surface area contributed by atoms with Gasteiger partial charge in [0, 0.05) is 12.1 Å². The van der Waals surface area contributed by atoms with Crippen molar-refractivity contribution < 1.29 is 4.92 Å². The average Bonchev–Trinajstić information content (AvgIpc) is 2.49. The second kappa shape index (κ2) is 6.88. The van der Waals surface area contributed by atoms with Crippen LogP contribution in [0.4, 0.5) is 11.4 Å². The third-order valence-electron chi connectivity index (χ3n) is 3.53. The van der Waals surface area contributed by atoms with Crippen molar-refractivity contribution >= 4 is 11.4 Å². The van der Waals surface area contributed by atoms with Crippen molar-refractivity contribution in [2.24, 2.45) is 0 Å². The lowest BCUT2D eigenvalue weighted by Crippen LogP contribution is -2.21. The van der Waals surface area contributed by atoms with Crippen LogP contribution in [0.15, 0.2) is 48.5 Å². The first-order valence-electron chi connectivity index (χ1n) is 7.15. The minimum absolute atomic E-state index is 0.140. The summed E-state index contributed by atoms with van der Waals surface area (Å²) in [6, 6.07) is 15.6. The van der Waals surface area contributed by atoms with Gasteiger partial charge in [0.25, 0.3) is 5.69 Å². The van der Waals surface area contributed by atoms with E-state index in [-0.39, 0.29) is 16.7 Å². The number of aryl methyl sites for hydroxylation is 1. The average molecular weight is 284 g/mol. The van der Waals surface area contributed by atoms with E-state index in [4.69, 9.17) is 0 Å². The van der Waals surface area contributed by atoms with E-state index in [0.29, 0.717) is 5.69 Å². The molecule has 4 heteroatoms. The highest BCUT2D eigenvalue weighted by atomic mass is 16.6. The van der Waals surface area contributed by atoms with Gasteiger partial charge >= 0.3 is 0 Å². The lowest BCUT2D eigenvalue weighted by Gasteiger charge is -2.18. The number of anilines is 1. The van der Waals surface area contributed by atoms with Crippen LogP contribution in [0.2, 0.25) is 0 Å². The smallest absolute Gasteiger partial charge is 0.292 e. The van der Waals surface area contributed by atoms with Crippen molar-refractivity contribution in [3.05, 3.63) is 69.8 Å². The molecule has 110 valence electrons. The number of nitro benzene ring substituents is 1. The number of nitro groups is 1. The lowest BCUT2D eigenvalue weighted by atomic mass is 10.0. The monoisotopic (exact) mass is 284 g/mol. The lowest BCUT2D eigenvalue weighted by molar-refractivity contribution is -0.384. The maximum Gasteiger partial charge on any atom is 0.292 e. The summed E-state index contributed by atoms with van der Waals surface area (Å²) in [6.07, 6.45) is 1.75. The Hall–Kier alpha value is -2.36. The zero-order chi connectivity index (χ0) is 15.2. The second-order valence-electron chi connectivity index (χ2n) is 5.22. The Morgan fingerprint density at radius 1 is 1.19 bits per heavy atom. The zero-order valence-electron chi connectivity index (χ0n) is 12.4. The van der Waals surface area contributed by atoms with Gasteiger partial charge in [-0.25, -0.2) is 0 Å². The van der Waals surface area contributed by atoms with E-state index >= 15 is 0 Å². The Kier molecular flexibility index (Phi) is 4.93. The van der Waals surface area contributed by atoms with E-state index in [9.17, 15) is 10.1 Å². The highest BCUT2D eigenvalue weighted by molar-refractivity contribution is 5.63. The van der Waals surface area contributed by atoms with Gasteiger partial charge in [0.1, 0.15) is 5.69 Å². The Bertz CT molecular complexity index is 611. The van der Waals surface area contributed by atoms with Gasteiger partial charge in [0.15, 0.2) is 0 Å². The third-order valence-corrected chi connectivity index (χ3v) is 3.53. The van der Waals surface area contributed by atoms with E-state index in [1.54, 1.807) is 12.1 Å². The van der Waals surface area contributed by atoms with Crippen LogP contribution in [-0.4, -0.2) is 11.0 Å². The summed E-state index contributed by atoms with van der Waals surface area (Å²) < 4.78 is 0. The number of nitrogens with zero attached hydrogens (tertiary/aromatic N) is 1. The molecule has 1 atom stereocenters. The quantitative estimate of drug-likeness (QED) is 0.634. The first-order valence-corrected chi connectivity index (χ1v) is 7.15. The van der Waals surface area contributed by atoms with E-state index < -0.39 is 0 Å².